The van der Waals surface area contributed by atoms with Crippen LogP contribution in [-0.4, -0.2) is 18.9 Å². The fourth-order valence-corrected chi connectivity index (χ4v) is 3.08. The minimum absolute atomic E-state index is 0.156. The number of ether oxygens (including phenoxy) is 1. The molecule has 3 heteroatoms. The smallest absolute Gasteiger partial charge is 0.119 e. The average molecular weight is 253 g/mol. The number of methoxy groups -OCH3 is 1. The highest BCUT2D eigenvalue weighted by atomic mass is 32.2. The molecule has 0 saturated heterocycles. The van der Waals surface area contributed by atoms with Crippen LogP contribution in [0.25, 0.3) is 0 Å². The second kappa shape index (κ2) is 7.62. The van der Waals surface area contributed by atoms with Gasteiger partial charge in [-0.2, -0.15) is 11.8 Å². The monoisotopic (exact) mass is 253 g/mol. The molecule has 1 aromatic carbocycles. The summed E-state index contributed by atoms with van der Waals surface area (Å²) in [6.07, 6.45) is 2.48. The number of unbranched alkanes of at least 4 members (excludes halogenated alkanes) is 1. The molecule has 0 aromatic heterocycles. The Balaban J connectivity index is 2.74. The van der Waals surface area contributed by atoms with Crippen LogP contribution < -0.4 is 10.5 Å². The molecule has 0 spiro atoms. The lowest BCUT2D eigenvalue weighted by molar-refractivity contribution is 0.414. The molecule has 2 N–H and O–H groups in total. The Labute approximate surface area is 109 Å². The van der Waals surface area contributed by atoms with Crippen LogP contribution in [0, 0.1) is 0 Å². The van der Waals surface area contributed by atoms with E-state index in [1.165, 1.54) is 24.2 Å². The van der Waals surface area contributed by atoms with Gasteiger partial charge >= 0.3 is 0 Å². The minimum Gasteiger partial charge on any atom is -0.497 e. The van der Waals surface area contributed by atoms with Gasteiger partial charge in [-0.05, 0) is 36.8 Å². The summed E-state index contributed by atoms with van der Waals surface area (Å²) in [5, 5.41) is 0.358. The molecule has 1 aromatic rings. The zero-order valence-corrected chi connectivity index (χ0v) is 11.8. The molecule has 0 aliphatic carbocycles. The van der Waals surface area contributed by atoms with E-state index in [9.17, 15) is 0 Å². The molecule has 1 rings (SSSR count). The molecule has 0 heterocycles. The maximum atomic E-state index is 6.08. The van der Waals surface area contributed by atoms with Gasteiger partial charge in [0.25, 0.3) is 0 Å². The molecule has 0 amide bonds. The number of thioether (sulfide) groups is 1. The second-order valence-corrected chi connectivity index (χ2v) is 5.53. The Hall–Kier alpha value is -0.670. The highest BCUT2D eigenvalue weighted by Crippen LogP contribution is 2.33. The van der Waals surface area contributed by atoms with Crippen molar-refractivity contribution in [2.24, 2.45) is 5.73 Å². The number of hydrogen-bond acceptors (Lipinski definition) is 3. The molecule has 0 saturated carbocycles. The molecular weight excluding hydrogens is 230 g/mol. The number of nitrogens with two attached hydrogens (primary N) is 1. The zero-order valence-electron chi connectivity index (χ0n) is 11.0. The van der Waals surface area contributed by atoms with Crippen LogP contribution >= 0.6 is 11.8 Å². The lowest BCUT2D eigenvalue weighted by Crippen LogP contribution is -2.22. The van der Waals surface area contributed by atoms with E-state index in [0.29, 0.717) is 5.25 Å². The van der Waals surface area contributed by atoms with Crippen LogP contribution in [0.5, 0.6) is 5.75 Å². The van der Waals surface area contributed by atoms with E-state index in [-0.39, 0.29) is 6.04 Å². The minimum atomic E-state index is 0.156. The van der Waals surface area contributed by atoms with Gasteiger partial charge in [0.15, 0.2) is 0 Å². The summed E-state index contributed by atoms with van der Waals surface area (Å²) in [5.41, 5.74) is 7.35. The van der Waals surface area contributed by atoms with Gasteiger partial charge in [-0.3, -0.25) is 0 Å². The molecular formula is C14H23NOS. The van der Waals surface area contributed by atoms with Gasteiger partial charge in [0.2, 0.25) is 0 Å². The molecule has 0 fully saturated rings. The summed E-state index contributed by atoms with van der Waals surface area (Å²) >= 11 is 1.95. The first-order chi connectivity index (χ1) is 8.19. The number of hydrogen-bond donors (Lipinski definition) is 1. The van der Waals surface area contributed by atoms with E-state index in [1.807, 2.05) is 23.9 Å². The van der Waals surface area contributed by atoms with E-state index in [1.54, 1.807) is 7.11 Å². The van der Waals surface area contributed by atoms with Gasteiger partial charge in [0.1, 0.15) is 5.75 Å². The average Bonchev–Trinajstić information content (AvgIpc) is 2.34. The fraction of sp³-hybridized carbons (Fsp3) is 0.571. The Morgan fingerprint density at radius 2 is 2.18 bits per heavy atom. The van der Waals surface area contributed by atoms with E-state index >= 15 is 0 Å². The normalized spacial score (nSPS) is 14.4. The van der Waals surface area contributed by atoms with Gasteiger partial charge in [-0.1, -0.05) is 25.5 Å². The maximum absolute atomic E-state index is 6.08. The van der Waals surface area contributed by atoms with Crippen molar-refractivity contribution >= 4 is 11.8 Å². The first kappa shape index (κ1) is 14.4. The molecule has 2 atom stereocenters. The van der Waals surface area contributed by atoms with E-state index in [2.05, 4.69) is 26.0 Å². The van der Waals surface area contributed by atoms with Gasteiger partial charge in [0, 0.05) is 11.3 Å². The van der Waals surface area contributed by atoms with Crippen molar-refractivity contribution in [2.75, 3.05) is 12.9 Å². The molecule has 2 nitrogen and oxygen atoms in total. The topological polar surface area (TPSA) is 35.2 Å². The molecule has 17 heavy (non-hydrogen) atoms. The highest BCUT2D eigenvalue weighted by Gasteiger charge is 2.16. The summed E-state index contributed by atoms with van der Waals surface area (Å²) in [4.78, 5) is 0. The first-order valence-electron chi connectivity index (χ1n) is 6.20. The van der Waals surface area contributed by atoms with E-state index < -0.39 is 0 Å². The predicted molar refractivity (Wildman–Crippen MR) is 76.8 cm³/mol. The molecule has 0 aliphatic heterocycles. The van der Waals surface area contributed by atoms with Crippen LogP contribution in [-0.2, 0) is 0 Å². The third kappa shape index (κ3) is 4.60. The van der Waals surface area contributed by atoms with Crippen molar-refractivity contribution in [1.29, 1.82) is 0 Å². The molecule has 2 unspecified atom stereocenters. The summed E-state index contributed by atoms with van der Waals surface area (Å²) in [5.74, 6) is 2.07. The van der Waals surface area contributed by atoms with Gasteiger partial charge in [0.05, 0.1) is 7.11 Å². The van der Waals surface area contributed by atoms with Crippen molar-refractivity contribution in [3.8, 4) is 5.75 Å². The zero-order chi connectivity index (χ0) is 12.7. The van der Waals surface area contributed by atoms with Gasteiger partial charge in [-0.25, -0.2) is 0 Å². The maximum Gasteiger partial charge on any atom is 0.119 e. The fourth-order valence-electron chi connectivity index (χ4n) is 1.72. The Morgan fingerprint density at radius 3 is 2.76 bits per heavy atom. The van der Waals surface area contributed by atoms with Crippen molar-refractivity contribution in [3.63, 3.8) is 0 Å². The van der Waals surface area contributed by atoms with Crippen LogP contribution in [0.2, 0.25) is 0 Å². The highest BCUT2D eigenvalue weighted by molar-refractivity contribution is 7.99. The van der Waals surface area contributed by atoms with Crippen molar-refractivity contribution in [2.45, 2.75) is 38.0 Å². The third-order valence-corrected chi connectivity index (χ3v) is 4.28. The summed E-state index contributed by atoms with van der Waals surface area (Å²) < 4.78 is 5.26. The summed E-state index contributed by atoms with van der Waals surface area (Å²) in [6.45, 7) is 4.29. The number of rotatable bonds is 7. The Kier molecular flexibility index (Phi) is 6.45. The second-order valence-electron chi connectivity index (χ2n) is 4.28. The standard InChI is InChI=1S/C14H23NOS/c1-4-5-9-17-14(11(2)15)12-7-6-8-13(10-12)16-3/h6-8,10-11,14H,4-5,9,15H2,1-3H3. The summed E-state index contributed by atoms with van der Waals surface area (Å²) in [7, 11) is 1.70. The van der Waals surface area contributed by atoms with E-state index in [4.69, 9.17) is 10.5 Å². The van der Waals surface area contributed by atoms with Crippen LogP contribution in [0.4, 0.5) is 0 Å². The summed E-state index contributed by atoms with van der Waals surface area (Å²) in [6, 6.07) is 8.38. The Morgan fingerprint density at radius 1 is 1.41 bits per heavy atom. The molecule has 0 aliphatic rings. The van der Waals surface area contributed by atoms with Crippen molar-refractivity contribution < 1.29 is 4.74 Å². The Bertz CT molecular complexity index is 328. The number of benzene rings is 1. The van der Waals surface area contributed by atoms with Crippen molar-refractivity contribution in [1.82, 2.24) is 0 Å². The molecule has 0 bridgehead atoms. The van der Waals surface area contributed by atoms with Crippen LogP contribution in [0.1, 0.15) is 37.5 Å². The molecule has 96 valence electrons. The quantitative estimate of drug-likeness (QED) is 0.754. The first-order valence-corrected chi connectivity index (χ1v) is 7.25. The third-order valence-electron chi connectivity index (χ3n) is 2.70. The SMILES string of the molecule is CCCCSC(c1cccc(OC)c1)C(C)N. The van der Waals surface area contributed by atoms with Gasteiger partial charge in [-0.15, -0.1) is 0 Å². The van der Waals surface area contributed by atoms with Crippen LogP contribution in [0.3, 0.4) is 0 Å². The largest absolute Gasteiger partial charge is 0.497 e. The van der Waals surface area contributed by atoms with E-state index in [0.717, 1.165) is 5.75 Å². The van der Waals surface area contributed by atoms with Crippen LogP contribution in [0.15, 0.2) is 24.3 Å². The predicted octanol–water partition coefficient (Wildman–Crippen LogP) is 3.62. The van der Waals surface area contributed by atoms with Crippen molar-refractivity contribution in [3.05, 3.63) is 29.8 Å². The molecule has 0 radical (unpaired) electrons. The lowest BCUT2D eigenvalue weighted by Gasteiger charge is -2.21. The van der Waals surface area contributed by atoms with Gasteiger partial charge < -0.3 is 10.5 Å². The lowest BCUT2D eigenvalue weighted by atomic mass is 10.1.